The smallest absolute Gasteiger partial charge is 0.329 e. The fourth-order valence-electron chi connectivity index (χ4n) is 2.95. The van der Waals surface area contributed by atoms with Gasteiger partial charge in [-0.1, -0.05) is 13.8 Å². The number of rotatable bonds is 6. The van der Waals surface area contributed by atoms with Gasteiger partial charge in [0.1, 0.15) is 11.1 Å². The van der Waals surface area contributed by atoms with E-state index in [2.05, 4.69) is 0 Å². The van der Waals surface area contributed by atoms with Crippen LogP contribution in [0.25, 0.3) is 0 Å². The number of carbonyl (C=O) groups excluding carboxylic acids is 1. The van der Waals surface area contributed by atoms with Crippen LogP contribution < -0.4 is 5.73 Å². The van der Waals surface area contributed by atoms with Crippen LogP contribution in [0.3, 0.4) is 0 Å². The predicted octanol–water partition coefficient (Wildman–Crippen LogP) is 1.23. The summed E-state index contributed by atoms with van der Waals surface area (Å²) in [6.45, 7) is 11.4. The summed E-state index contributed by atoms with van der Waals surface area (Å²) >= 11 is 0. The molecule has 6 nitrogen and oxygen atoms in total. The molecule has 0 heterocycles. The molecule has 0 aromatic rings. The van der Waals surface area contributed by atoms with Crippen LogP contribution >= 0.6 is 0 Å². The van der Waals surface area contributed by atoms with Crippen molar-refractivity contribution >= 4 is 11.9 Å². The molecule has 1 aliphatic rings. The van der Waals surface area contributed by atoms with E-state index in [0.717, 1.165) is 0 Å². The highest BCUT2D eigenvalue weighted by molar-refractivity contribution is 5.93. The Morgan fingerprint density at radius 1 is 1.38 bits per heavy atom. The summed E-state index contributed by atoms with van der Waals surface area (Å²) in [5, 5.41) is 9.36. The van der Waals surface area contributed by atoms with Crippen LogP contribution in [0.15, 0.2) is 0 Å². The molecule has 0 saturated heterocycles. The maximum Gasteiger partial charge on any atom is 0.329 e. The van der Waals surface area contributed by atoms with E-state index in [1.807, 2.05) is 20.8 Å². The Balaban J connectivity index is 3.05. The monoisotopic (exact) mass is 300 g/mol. The summed E-state index contributed by atoms with van der Waals surface area (Å²) in [4.78, 5) is 25.7. The predicted molar refractivity (Wildman–Crippen MR) is 79.8 cm³/mol. The summed E-state index contributed by atoms with van der Waals surface area (Å²) < 4.78 is 5.62. The number of ether oxygens (including phenoxy) is 1. The molecule has 0 radical (unpaired) electrons. The molecule has 1 aliphatic carbocycles. The molecule has 0 bridgehead atoms. The highest BCUT2D eigenvalue weighted by Crippen LogP contribution is 2.51. The molecule has 0 aromatic heterocycles. The molecule has 1 fully saturated rings. The molecule has 2 atom stereocenters. The normalized spacial score (nSPS) is 27.9. The number of aliphatic carboxylic acids is 1. The van der Waals surface area contributed by atoms with E-state index in [4.69, 9.17) is 10.5 Å². The number of carboxylic acid groups (broad SMARTS) is 1. The molecule has 0 spiro atoms. The van der Waals surface area contributed by atoms with Gasteiger partial charge in [0.15, 0.2) is 0 Å². The van der Waals surface area contributed by atoms with Gasteiger partial charge in [-0.25, -0.2) is 4.79 Å². The maximum atomic E-state index is 12.9. The largest absolute Gasteiger partial charge is 0.480 e. The Morgan fingerprint density at radius 3 is 2.24 bits per heavy atom. The van der Waals surface area contributed by atoms with Crippen molar-refractivity contribution in [1.82, 2.24) is 4.90 Å². The van der Waals surface area contributed by atoms with Gasteiger partial charge in [0, 0.05) is 25.0 Å². The molecule has 2 unspecified atom stereocenters. The fraction of sp³-hybridized carbons (Fsp3) is 0.867. The second-order valence-corrected chi connectivity index (χ2v) is 6.75. The highest BCUT2D eigenvalue weighted by Gasteiger charge is 2.64. The van der Waals surface area contributed by atoms with Crippen LogP contribution in [0.4, 0.5) is 0 Å². The zero-order chi connectivity index (χ0) is 16.6. The number of amides is 1. The molecule has 1 saturated carbocycles. The summed E-state index contributed by atoms with van der Waals surface area (Å²) in [6, 6.07) is 0. The zero-order valence-electron chi connectivity index (χ0n) is 13.9. The minimum Gasteiger partial charge on any atom is -0.480 e. The van der Waals surface area contributed by atoms with E-state index in [0.29, 0.717) is 19.6 Å². The summed E-state index contributed by atoms with van der Waals surface area (Å²) in [7, 11) is 0. The second-order valence-electron chi connectivity index (χ2n) is 6.75. The number of likely N-dealkylation sites (N-methyl/N-ethyl adjacent to an activating group) is 1. The Hall–Kier alpha value is -1.14. The number of nitrogens with zero attached hydrogens (tertiary/aromatic N) is 1. The molecule has 1 rings (SSSR count). The van der Waals surface area contributed by atoms with Crippen LogP contribution in [0.5, 0.6) is 0 Å². The van der Waals surface area contributed by atoms with E-state index in [-0.39, 0.29) is 12.0 Å². The Morgan fingerprint density at radius 2 is 1.90 bits per heavy atom. The Bertz CT molecular complexity index is 433. The first-order valence-electron chi connectivity index (χ1n) is 7.42. The minimum atomic E-state index is -1.29. The third-order valence-corrected chi connectivity index (χ3v) is 4.97. The molecule has 1 amide bonds. The third kappa shape index (κ3) is 2.55. The van der Waals surface area contributed by atoms with Crippen molar-refractivity contribution in [2.75, 3.05) is 13.2 Å². The van der Waals surface area contributed by atoms with Gasteiger partial charge in [-0.05, 0) is 27.7 Å². The van der Waals surface area contributed by atoms with Crippen molar-refractivity contribution in [3.05, 3.63) is 0 Å². The fourth-order valence-corrected chi connectivity index (χ4v) is 2.95. The highest BCUT2D eigenvalue weighted by atomic mass is 16.5. The number of carboxylic acids is 1. The van der Waals surface area contributed by atoms with Crippen molar-refractivity contribution in [1.29, 1.82) is 0 Å². The molecule has 0 aliphatic heterocycles. The van der Waals surface area contributed by atoms with Crippen LogP contribution in [0.2, 0.25) is 0 Å². The standard InChI is InChI=1S/C15H28N2O4/c1-7-17(14(5,6)12(19)20)11(18)15(16)9-10(21-8-2)13(15,3)4/h10H,7-9,16H2,1-6H3,(H,19,20). The molecule has 3 N–H and O–H groups in total. The number of hydrogen-bond acceptors (Lipinski definition) is 4. The van der Waals surface area contributed by atoms with Crippen LogP contribution in [-0.2, 0) is 14.3 Å². The van der Waals surface area contributed by atoms with Crippen molar-refractivity contribution in [3.8, 4) is 0 Å². The van der Waals surface area contributed by atoms with E-state index >= 15 is 0 Å². The average molecular weight is 300 g/mol. The maximum absolute atomic E-state index is 12.9. The molecule has 21 heavy (non-hydrogen) atoms. The lowest BCUT2D eigenvalue weighted by Gasteiger charge is -2.59. The topological polar surface area (TPSA) is 92.9 Å². The first-order chi connectivity index (χ1) is 9.46. The van der Waals surface area contributed by atoms with E-state index < -0.39 is 22.5 Å². The van der Waals surface area contributed by atoms with Gasteiger partial charge in [-0.15, -0.1) is 0 Å². The van der Waals surface area contributed by atoms with Gasteiger partial charge in [-0.2, -0.15) is 0 Å². The quantitative estimate of drug-likeness (QED) is 0.769. The van der Waals surface area contributed by atoms with Crippen LogP contribution in [-0.4, -0.2) is 52.2 Å². The lowest BCUT2D eigenvalue weighted by Crippen LogP contribution is -2.77. The van der Waals surface area contributed by atoms with Gasteiger partial charge >= 0.3 is 5.97 Å². The summed E-state index contributed by atoms with van der Waals surface area (Å²) in [5.74, 6) is -1.36. The lowest BCUT2D eigenvalue weighted by molar-refractivity contribution is -0.186. The van der Waals surface area contributed by atoms with Gasteiger partial charge in [0.25, 0.3) is 0 Å². The summed E-state index contributed by atoms with van der Waals surface area (Å²) in [6.07, 6.45) is 0.335. The van der Waals surface area contributed by atoms with Crippen molar-refractivity contribution < 1.29 is 19.4 Å². The molecule has 6 heteroatoms. The van der Waals surface area contributed by atoms with Crippen LogP contribution in [0.1, 0.15) is 48.0 Å². The molecule has 122 valence electrons. The first-order valence-corrected chi connectivity index (χ1v) is 7.42. The van der Waals surface area contributed by atoms with E-state index in [1.165, 1.54) is 18.7 Å². The van der Waals surface area contributed by atoms with E-state index in [1.54, 1.807) is 6.92 Å². The van der Waals surface area contributed by atoms with Crippen molar-refractivity contribution in [3.63, 3.8) is 0 Å². The molecule has 0 aromatic carbocycles. The van der Waals surface area contributed by atoms with Gasteiger partial charge in [-0.3, -0.25) is 4.79 Å². The number of carbonyl (C=O) groups is 2. The van der Waals surface area contributed by atoms with Gasteiger partial charge in [0.2, 0.25) is 5.91 Å². The molecular weight excluding hydrogens is 272 g/mol. The third-order valence-electron chi connectivity index (χ3n) is 4.97. The van der Waals surface area contributed by atoms with Crippen molar-refractivity contribution in [2.24, 2.45) is 11.1 Å². The number of hydrogen-bond donors (Lipinski definition) is 2. The second kappa shape index (κ2) is 5.57. The first kappa shape index (κ1) is 17.9. The SMILES string of the molecule is CCOC1CC(N)(C(=O)N(CC)C(C)(C)C(=O)O)C1(C)C. The Labute approximate surface area is 126 Å². The van der Waals surface area contributed by atoms with Gasteiger partial charge in [0.05, 0.1) is 6.10 Å². The van der Waals surface area contributed by atoms with Crippen molar-refractivity contribution in [2.45, 2.75) is 65.1 Å². The Kier molecular flexibility index (Phi) is 4.75. The zero-order valence-corrected chi connectivity index (χ0v) is 13.9. The average Bonchev–Trinajstić information content (AvgIpc) is 2.38. The van der Waals surface area contributed by atoms with Gasteiger partial charge < -0.3 is 20.5 Å². The summed E-state index contributed by atoms with van der Waals surface area (Å²) in [5.41, 5.74) is 3.45. The van der Waals surface area contributed by atoms with E-state index in [9.17, 15) is 14.7 Å². The van der Waals surface area contributed by atoms with Crippen LogP contribution in [0, 0.1) is 5.41 Å². The minimum absolute atomic E-state index is 0.0805. The molecular formula is C15H28N2O4. The lowest BCUT2D eigenvalue weighted by atomic mass is 9.54. The number of nitrogens with two attached hydrogens (primary N) is 1.